The molecule has 1 nitrogen and oxygen atoms in total. The molecular formula is C9H8F2OS. The average molecular weight is 202 g/mol. The minimum Gasteiger partial charge on any atom is -0.298 e. The quantitative estimate of drug-likeness (QED) is 0.553. The molecule has 0 radical (unpaired) electrons. The third kappa shape index (κ3) is 2.06. The maximum absolute atomic E-state index is 13.1. The summed E-state index contributed by atoms with van der Waals surface area (Å²) >= 11 is 1.20. The summed E-state index contributed by atoms with van der Waals surface area (Å²) in [5, 5.41) is 0. The number of hydrogen-bond donors (Lipinski definition) is 0. The van der Waals surface area contributed by atoms with Crippen molar-refractivity contribution in [1.82, 2.24) is 0 Å². The second-order valence-corrected chi connectivity index (χ2v) is 3.64. The van der Waals surface area contributed by atoms with Gasteiger partial charge in [-0.2, -0.15) is 0 Å². The lowest BCUT2D eigenvalue weighted by Crippen LogP contribution is -1.94. The van der Waals surface area contributed by atoms with Gasteiger partial charge in [0.2, 0.25) is 0 Å². The Balaban J connectivity index is 3.14. The van der Waals surface area contributed by atoms with Crippen molar-refractivity contribution in [3.8, 4) is 0 Å². The summed E-state index contributed by atoms with van der Waals surface area (Å²) in [7, 11) is 0. The lowest BCUT2D eigenvalue weighted by atomic mass is 10.2. The molecule has 0 saturated heterocycles. The van der Waals surface area contributed by atoms with Crippen molar-refractivity contribution < 1.29 is 13.6 Å². The number of carbonyl (C=O) groups is 1. The molecule has 4 heteroatoms. The number of aldehydes is 1. The number of halogens is 2. The molecule has 0 aliphatic heterocycles. The predicted octanol–water partition coefficient (Wildman–Crippen LogP) is 2.89. The van der Waals surface area contributed by atoms with E-state index in [1.165, 1.54) is 23.9 Å². The van der Waals surface area contributed by atoms with Gasteiger partial charge in [-0.15, -0.1) is 11.8 Å². The summed E-state index contributed by atoms with van der Waals surface area (Å²) in [4.78, 5) is 10.5. The molecule has 0 fully saturated rings. The zero-order valence-electron chi connectivity index (χ0n) is 7.01. The largest absolute Gasteiger partial charge is 0.298 e. The molecule has 0 saturated carbocycles. The minimum atomic E-state index is -1.06. The van der Waals surface area contributed by atoms with Crippen LogP contribution in [-0.4, -0.2) is 12.0 Å². The number of hydrogen-bond acceptors (Lipinski definition) is 2. The van der Waals surface area contributed by atoms with Crippen LogP contribution in [0.1, 0.15) is 17.3 Å². The number of carbonyl (C=O) groups excluding carboxylic acids is 1. The van der Waals surface area contributed by atoms with Crippen molar-refractivity contribution in [3.05, 3.63) is 29.3 Å². The van der Waals surface area contributed by atoms with E-state index in [4.69, 9.17) is 0 Å². The van der Waals surface area contributed by atoms with Crippen LogP contribution in [0.25, 0.3) is 0 Å². The summed E-state index contributed by atoms with van der Waals surface area (Å²) in [6.45, 7) is 1.84. The van der Waals surface area contributed by atoms with Crippen LogP contribution in [0.15, 0.2) is 17.0 Å². The number of benzene rings is 1. The van der Waals surface area contributed by atoms with Crippen LogP contribution in [0.5, 0.6) is 0 Å². The molecule has 0 aliphatic rings. The summed E-state index contributed by atoms with van der Waals surface area (Å²) in [6.07, 6.45) is 0.304. The smallest absolute Gasteiger partial charge is 0.173 e. The topological polar surface area (TPSA) is 17.1 Å². The molecule has 0 heterocycles. The van der Waals surface area contributed by atoms with Gasteiger partial charge >= 0.3 is 0 Å². The Bertz CT molecular complexity index is 326. The van der Waals surface area contributed by atoms with Gasteiger partial charge in [-0.25, -0.2) is 8.78 Å². The summed E-state index contributed by atoms with van der Waals surface area (Å²) in [5.41, 5.74) is -0.238. The zero-order chi connectivity index (χ0) is 9.84. The maximum Gasteiger partial charge on any atom is 0.173 e. The van der Waals surface area contributed by atoms with Gasteiger partial charge in [0, 0.05) is 4.90 Å². The van der Waals surface area contributed by atoms with Crippen molar-refractivity contribution in [3.63, 3.8) is 0 Å². The third-order valence-electron chi connectivity index (χ3n) is 1.50. The van der Waals surface area contributed by atoms with E-state index in [9.17, 15) is 13.6 Å². The normalized spacial score (nSPS) is 10.1. The molecule has 0 amide bonds. The Morgan fingerprint density at radius 3 is 2.62 bits per heavy atom. The molecule has 0 unspecified atom stereocenters. The van der Waals surface area contributed by atoms with Gasteiger partial charge in [0.15, 0.2) is 17.9 Å². The predicted molar refractivity (Wildman–Crippen MR) is 48.1 cm³/mol. The van der Waals surface area contributed by atoms with Crippen molar-refractivity contribution in [2.24, 2.45) is 0 Å². The van der Waals surface area contributed by atoms with Crippen LogP contribution >= 0.6 is 11.8 Å². The van der Waals surface area contributed by atoms with E-state index in [1.807, 2.05) is 6.92 Å². The Labute approximate surface area is 79.1 Å². The molecule has 0 aliphatic carbocycles. The van der Waals surface area contributed by atoms with E-state index in [0.29, 0.717) is 12.0 Å². The second-order valence-electron chi connectivity index (χ2n) is 2.33. The van der Waals surface area contributed by atoms with Crippen LogP contribution in [0.3, 0.4) is 0 Å². The van der Waals surface area contributed by atoms with Gasteiger partial charge in [0.1, 0.15) is 0 Å². The highest BCUT2D eigenvalue weighted by Crippen LogP contribution is 2.24. The summed E-state index contributed by atoms with van der Waals surface area (Å²) < 4.78 is 26.0. The fourth-order valence-corrected chi connectivity index (χ4v) is 1.60. The molecule has 0 spiro atoms. The van der Waals surface area contributed by atoms with Gasteiger partial charge < -0.3 is 0 Å². The molecule has 1 rings (SSSR count). The molecule has 13 heavy (non-hydrogen) atoms. The Kier molecular flexibility index (Phi) is 3.42. The van der Waals surface area contributed by atoms with Crippen LogP contribution in [-0.2, 0) is 0 Å². The van der Waals surface area contributed by atoms with Crippen LogP contribution in [0.4, 0.5) is 8.78 Å². The summed E-state index contributed by atoms with van der Waals surface area (Å²) in [6, 6.07) is 2.69. The fourth-order valence-electron chi connectivity index (χ4n) is 0.905. The van der Waals surface area contributed by atoms with E-state index in [-0.39, 0.29) is 10.5 Å². The van der Waals surface area contributed by atoms with Gasteiger partial charge in [0.05, 0.1) is 5.56 Å². The number of rotatable bonds is 3. The van der Waals surface area contributed by atoms with Gasteiger partial charge in [-0.3, -0.25) is 4.79 Å². The Hall–Kier alpha value is -0.900. The van der Waals surface area contributed by atoms with Crippen LogP contribution in [0.2, 0.25) is 0 Å². The van der Waals surface area contributed by atoms with E-state index in [2.05, 4.69) is 0 Å². The first-order valence-corrected chi connectivity index (χ1v) is 4.75. The number of thioether (sulfide) groups is 1. The van der Waals surface area contributed by atoms with Crippen LogP contribution in [0, 0.1) is 11.6 Å². The maximum atomic E-state index is 13.1. The average Bonchev–Trinajstić information content (AvgIpc) is 2.14. The van der Waals surface area contributed by atoms with Gasteiger partial charge in [-0.05, 0) is 17.9 Å². The van der Waals surface area contributed by atoms with Crippen LogP contribution < -0.4 is 0 Å². The Morgan fingerprint density at radius 2 is 2.08 bits per heavy atom. The van der Waals surface area contributed by atoms with E-state index in [0.717, 1.165) is 0 Å². The first-order valence-electron chi connectivity index (χ1n) is 3.76. The standard InChI is InChI=1S/C9H8F2OS/c1-2-13-7-4-3-6(5-12)8(10)9(7)11/h3-5H,2H2,1H3. The van der Waals surface area contributed by atoms with Crippen molar-refractivity contribution in [1.29, 1.82) is 0 Å². The van der Waals surface area contributed by atoms with Gasteiger partial charge in [0.25, 0.3) is 0 Å². The molecule has 0 atom stereocenters. The molecule has 70 valence electrons. The van der Waals surface area contributed by atoms with Crippen molar-refractivity contribution >= 4 is 18.0 Å². The Morgan fingerprint density at radius 1 is 1.38 bits per heavy atom. The molecule has 0 bridgehead atoms. The van der Waals surface area contributed by atoms with Crippen molar-refractivity contribution in [2.45, 2.75) is 11.8 Å². The van der Waals surface area contributed by atoms with E-state index < -0.39 is 11.6 Å². The molecule has 0 aromatic heterocycles. The first-order chi connectivity index (χ1) is 6.20. The molecular weight excluding hydrogens is 194 g/mol. The highest BCUT2D eigenvalue weighted by Gasteiger charge is 2.12. The monoisotopic (exact) mass is 202 g/mol. The first kappa shape index (κ1) is 10.2. The lowest BCUT2D eigenvalue weighted by Gasteiger charge is -2.02. The SMILES string of the molecule is CCSc1ccc(C=O)c(F)c1F. The highest BCUT2D eigenvalue weighted by molar-refractivity contribution is 7.99. The summed E-state index contributed by atoms with van der Waals surface area (Å²) in [5.74, 6) is -1.33. The zero-order valence-corrected chi connectivity index (χ0v) is 7.83. The molecule has 1 aromatic carbocycles. The molecule has 0 N–H and O–H groups in total. The van der Waals surface area contributed by atoms with E-state index >= 15 is 0 Å². The van der Waals surface area contributed by atoms with Crippen molar-refractivity contribution in [2.75, 3.05) is 5.75 Å². The highest BCUT2D eigenvalue weighted by atomic mass is 32.2. The molecule has 1 aromatic rings. The van der Waals surface area contributed by atoms with E-state index in [1.54, 1.807) is 0 Å². The minimum absolute atomic E-state index is 0.238. The van der Waals surface area contributed by atoms with Gasteiger partial charge in [-0.1, -0.05) is 6.92 Å². The third-order valence-corrected chi connectivity index (χ3v) is 2.42. The lowest BCUT2D eigenvalue weighted by molar-refractivity contribution is 0.111. The second kappa shape index (κ2) is 4.37. The fraction of sp³-hybridized carbons (Fsp3) is 0.222.